The second-order valence-electron chi connectivity index (χ2n) is 7.64. The quantitative estimate of drug-likeness (QED) is 0.770. The van der Waals surface area contributed by atoms with Gasteiger partial charge in [0.25, 0.3) is 0 Å². The lowest BCUT2D eigenvalue weighted by molar-refractivity contribution is -0.138. The molecule has 1 amide bonds. The Kier molecular flexibility index (Phi) is 11.3. The number of nitrogens with one attached hydrogen (secondary N) is 1. The average molecular weight is 416 g/mol. The van der Waals surface area contributed by atoms with Crippen LogP contribution in [0.4, 0.5) is 0 Å². The zero-order valence-electron chi connectivity index (χ0n) is 16.4. The molecule has 3 rings (SSSR count). The lowest BCUT2D eigenvalue weighted by Crippen LogP contribution is -2.47. The number of benzene rings is 1. The van der Waals surface area contributed by atoms with Gasteiger partial charge < -0.3 is 10.2 Å². The van der Waals surface area contributed by atoms with Crippen molar-refractivity contribution in [3.63, 3.8) is 0 Å². The van der Waals surface area contributed by atoms with Gasteiger partial charge in [-0.3, -0.25) is 9.69 Å². The van der Waals surface area contributed by atoms with Crippen molar-refractivity contribution in [3.05, 3.63) is 35.9 Å². The third-order valence-corrected chi connectivity index (χ3v) is 5.71. The summed E-state index contributed by atoms with van der Waals surface area (Å²) in [5.74, 6) is 1.34. The molecule has 2 aliphatic heterocycles. The van der Waals surface area contributed by atoms with Crippen LogP contribution in [0.25, 0.3) is 0 Å². The number of likely N-dealkylation sites (tertiary alicyclic amines) is 2. The highest BCUT2D eigenvalue weighted by Crippen LogP contribution is 2.24. The summed E-state index contributed by atoms with van der Waals surface area (Å²) in [6.45, 7) is 9.20. The third kappa shape index (κ3) is 7.26. The first-order valence-electron chi connectivity index (χ1n) is 10.0. The average Bonchev–Trinajstić information content (AvgIpc) is 2.67. The second-order valence-corrected chi connectivity index (χ2v) is 7.64. The summed E-state index contributed by atoms with van der Waals surface area (Å²) >= 11 is 0. The fourth-order valence-electron chi connectivity index (χ4n) is 4.21. The Balaban J connectivity index is 0.00000182. The van der Waals surface area contributed by atoms with Crippen molar-refractivity contribution in [2.45, 2.75) is 39.2 Å². The van der Waals surface area contributed by atoms with Crippen molar-refractivity contribution in [1.29, 1.82) is 0 Å². The zero-order chi connectivity index (χ0) is 17.5. The SMILES string of the molecule is CCNCC1CCN(C(=O)C2CCCN(Cc3ccccc3)C2)CC1.Cl.Cl. The Morgan fingerprint density at radius 3 is 2.44 bits per heavy atom. The first kappa shape index (κ1) is 24.2. The van der Waals surface area contributed by atoms with Gasteiger partial charge in [-0.1, -0.05) is 37.3 Å². The van der Waals surface area contributed by atoms with Gasteiger partial charge in [0.05, 0.1) is 5.92 Å². The van der Waals surface area contributed by atoms with Crippen molar-refractivity contribution in [3.8, 4) is 0 Å². The van der Waals surface area contributed by atoms with E-state index in [2.05, 4.69) is 52.4 Å². The molecule has 1 aromatic carbocycles. The van der Waals surface area contributed by atoms with Gasteiger partial charge in [-0.2, -0.15) is 0 Å². The maximum atomic E-state index is 13.0. The van der Waals surface area contributed by atoms with Gasteiger partial charge >= 0.3 is 0 Å². The highest BCUT2D eigenvalue weighted by atomic mass is 35.5. The largest absolute Gasteiger partial charge is 0.342 e. The monoisotopic (exact) mass is 415 g/mol. The number of halogens is 2. The first-order chi connectivity index (χ1) is 12.3. The molecule has 1 aromatic rings. The molecule has 1 atom stereocenters. The van der Waals surface area contributed by atoms with Crippen LogP contribution >= 0.6 is 24.8 Å². The maximum absolute atomic E-state index is 13.0. The van der Waals surface area contributed by atoms with E-state index >= 15 is 0 Å². The molecule has 2 saturated heterocycles. The lowest BCUT2D eigenvalue weighted by Gasteiger charge is -2.38. The minimum atomic E-state index is 0. The number of nitrogens with zero attached hydrogens (tertiary/aromatic N) is 2. The molecule has 6 heteroatoms. The van der Waals surface area contributed by atoms with E-state index in [4.69, 9.17) is 0 Å². The first-order valence-corrected chi connectivity index (χ1v) is 10.0. The molecule has 4 nitrogen and oxygen atoms in total. The molecule has 1 unspecified atom stereocenters. The third-order valence-electron chi connectivity index (χ3n) is 5.71. The van der Waals surface area contributed by atoms with E-state index in [1.54, 1.807) is 0 Å². The molecule has 2 heterocycles. The van der Waals surface area contributed by atoms with Gasteiger partial charge in [0, 0.05) is 26.2 Å². The van der Waals surface area contributed by atoms with Gasteiger partial charge in [0.1, 0.15) is 0 Å². The minimum Gasteiger partial charge on any atom is -0.342 e. The van der Waals surface area contributed by atoms with Crippen molar-refractivity contribution >= 4 is 30.7 Å². The summed E-state index contributed by atoms with van der Waals surface area (Å²) in [4.78, 5) is 17.6. The van der Waals surface area contributed by atoms with E-state index < -0.39 is 0 Å². The molecule has 27 heavy (non-hydrogen) atoms. The van der Waals surface area contributed by atoms with E-state index in [9.17, 15) is 4.79 Å². The second kappa shape index (κ2) is 12.6. The molecule has 0 radical (unpaired) electrons. The van der Waals surface area contributed by atoms with E-state index in [0.717, 1.165) is 77.4 Å². The highest BCUT2D eigenvalue weighted by molar-refractivity contribution is 5.85. The van der Waals surface area contributed by atoms with E-state index in [1.165, 1.54) is 5.56 Å². The molecule has 2 fully saturated rings. The Bertz CT molecular complexity index is 535. The summed E-state index contributed by atoms with van der Waals surface area (Å²) in [7, 11) is 0. The summed E-state index contributed by atoms with van der Waals surface area (Å²) in [5, 5.41) is 3.44. The number of amides is 1. The molecular formula is C21H35Cl2N3O. The van der Waals surface area contributed by atoms with E-state index in [0.29, 0.717) is 5.91 Å². The molecule has 2 aliphatic rings. The van der Waals surface area contributed by atoms with Gasteiger partial charge in [-0.15, -0.1) is 24.8 Å². The predicted octanol–water partition coefficient (Wildman–Crippen LogP) is 3.59. The van der Waals surface area contributed by atoms with Crippen molar-refractivity contribution in [2.24, 2.45) is 11.8 Å². The van der Waals surface area contributed by atoms with Crippen LogP contribution in [0.15, 0.2) is 30.3 Å². The van der Waals surface area contributed by atoms with Crippen LogP contribution in [-0.2, 0) is 11.3 Å². The van der Waals surface area contributed by atoms with Gasteiger partial charge in [0.2, 0.25) is 5.91 Å². The molecule has 0 aromatic heterocycles. The Morgan fingerprint density at radius 1 is 1.07 bits per heavy atom. The van der Waals surface area contributed by atoms with E-state index in [-0.39, 0.29) is 30.7 Å². The lowest BCUT2D eigenvalue weighted by atomic mass is 9.92. The summed E-state index contributed by atoms with van der Waals surface area (Å²) in [5.41, 5.74) is 1.35. The highest BCUT2D eigenvalue weighted by Gasteiger charge is 2.31. The molecule has 0 bridgehead atoms. The number of piperidine rings is 2. The number of carbonyl (C=O) groups is 1. The number of rotatable bonds is 6. The smallest absolute Gasteiger partial charge is 0.226 e. The zero-order valence-corrected chi connectivity index (χ0v) is 18.1. The van der Waals surface area contributed by atoms with Gasteiger partial charge in [0.15, 0.2) is 0 Å². The predicted molar refractivity (Wildman–Crippen MR) is 117 cm³/mol. The van der Waals surface area contributed by atoms with Gasteiger partial charge in [-0.25, -0.2) is 0 Å². The summed E-state index contributed by atoms with van der Waals surface area (Å²) < 4.78 is 0. The fourth-order valence-corrected chi connectivity index (χ4v) is 4.21. The maximum Gasteiger partial charge on any atom is 0.226 e. The molecule has 0 saturated carbocycles. The summed E-state index contributed by atoms with van der Waals surface area (Å²) in [6.07, 6.45) is 4.50. The summed E-state index contributed by atoms with van der Waals surface area (Å²) in [6, 6.07) is 10.6. The Morgan fingerprint density at radius 2 is 1.78 bits per heavy atom. The van der Waals surface area contributed by atoms with Crippen LogP contribution in [0.2, 0.25) is 0 Å². The Labute approximate surface area is 176 Å². The molecule has 0 spiro atoms. The van der Waals surface area contributed by atoms with Crippen molar-refractivity contribution < 1.29 is 4.79 Å². The number of hydrogen-bond donors (Lipinski definition) is 1. The van der Waals surface area contributed by atoms with Crippen molar-refractivity contribution in [2.75, 3.05) is 39.3 Å². The van der Waals surface area contributed by atoms with Crippen LogP contribution in [0, 0.1) is 11.8 Å². The minimum absolute atomic E-state index is 0. The molecule has 154 valence electrons. The standard InChI is InChI=1S/C21H33N3O.2ClH/c1-2-22-15-18-10-13-24(14-11-18)21(25)20-9-6-12-23(17-20)16-19-7-4-3-5-8-19;;/h3-5,7-8,18,20,22H,2,6,9-17H2,1H3;2*1H. The number of hydrogen-bond acceptors (Lipinski definition) is 3. The fraction of sp³-hybridized carbons (Fsp3) is 0.667. The number of carbonyl (C=O) groups excluding carboxylic acids is 1. The molecule has 1 N–H and O–H groups in total. The Hall–Kier alpha value is -0.810. The van der Waals surface area contributed by atoms with Crippen LogP contribution in [0.5, 0.6) is 0 Å². The van der Waals surface area contributed by atoms with E-state index in [1.807, 2.05) is 0 Å². The van der Waals surface area contributed by atoms with Crippen molar-refractivity contribution in [1.82, 2.24) is 15.1 Å². The van der Waals surface area contributed by atoms with Crippen LogP contribution in [0.1, 0.15) is 38.2 Å². The topological polar surface area (TPSA) is 35.6 Å². The normalized spacial score (nSPS) is 21.2. The van der Waals surface area contributed by atoms with Crippen LogP contribution < -0.4 is 5.32 Å². The molecular weight excluding hydrogens is 381 g/mol. The van der Waals surface area contributed by atoms with Crippen LogP contribution in [-0.4, -0.2) is 55.0 Å². The van der Waals surface area contributed by atoms with Crippen LogP contribution in [0.3, 0.4) is 0 Å². The van der Waals surface area contributed by atoms with Gasteiger partial charge in [-0.05, 0) is 56.8 Å². The molecule has 0 aliphatic carbocycles.